The van der Waals surface area contributed by atoms with Crippen molar-refractivity contribution in [3.05, 3.63) is 109 Å². The summed E-state index contributed by atoms with van der Waals surface area (Å²) in [6, 6.07) is 25.1. The minimum atomic E-state index is -0.369. The molecule has 6 rings (SSSR count). The normalized spacial score (nSPS) is 13.1. The van der Waals surface area contributed by atoms with Crippen molar-refractivity contribution in [2.45, 2.75) is 12.5 Å². The zero-order valence-corrected chi connectivity index (χ0v) is 22.0. The van der Waals surface area contributed by atoms with Crippen molar-refractivity contribution < 1.29 is 19.1 Å². The van der Waals surface area contributed by atoms with E-state index in [-0.39, 0.29) is 24.4 Å². The molecule has 3 aromatic carbocycles. The number of hydrogen-bond donors (Lipinski definition) is 2. The molecule has 2 N–H and O–H groups in total. The molecule has 1 aliphatic rings. The highest BCUT2D eigenvalue weighted by Gasteiger charge is 2.32. The molecule has 1 saturated heterocycles. The lowest BCUT2D eigenvalue weighted by Gasteiger charge is -2.42. The van der Waals surface area contributed by atoms with Crippen molar-refractivity contribution >= 4 is 34.2 Å². The third kappa shape index (κ3) is 5.24. The molecule has 8 heteroatoms. The Morgan fingerprint density at radius 2 is 1.88 bits per heavy atom. The van der Waals surface area contributed by atoms with Crippen LogP contribution in [0.5, 0.6) is 5.75 Å². The average molecular weight is 533 g/mol. The Morgan fingerprint density at radius 1 is 1.02 bits per heavy atom. The average Bonchev–Trinajstić information content (AvgIpc) is 3.43. The number of methoxy groups -OCH3 is 1. The van der Waals surface area contributed by atoms with Crippen LogP contribution in [0.4, 0.5) is 11.4 Å². The van der Waals surface area contributed by atoms with Gasteiger partial charge in [-0.3, -0.25) is 9.78 Å². The number of ether oxygens (including phenoxy) is 2. The Labute approximate surface area is 231 Å². The molecule has 0 radical (unpaired) electrons. The SMILES string of the molecule is COC(=O)c1cccc(N2CC(Oc3ccc(CC(=O)Nc4cccnc4)cc3)C2)c1-c1ccc2cc[nH]c2c1. The number of H-pyrrole nitrogens is 1. The van der Waals surface area contributed by atoms with E-state index in [9.17, 15) is 9.59 Å². The molecule has 0 aliphatic carbocycles. The number of esters is 1. The maximum absolute atomic E-state index is 12.7. The highest BCUT2D eigenvalue weighted by molar-refractivity contribution is 6.02. The molecule has 0 bridgehead atoms. The monoisotopic (exact) mass is 532 g/mol. The molecule has 5 aromatic rings. The third-order valence-corrected chi connectivity index (χ3v) is 7.02. The maximum Gasteiger partial charge on any atom is 0.338 e. The number of hydrogen-bond acceptors (Lipinski definition) is 6. The molecule has 0 saturated carbocycles. The van der Waals surface area contributed by atoms with Crippen LogP contribution in [-0.4, -0.2) is 48.1 Å². The van der Waals surface area contributed by atoms with Gasteiger partial charge in [0.15, 0.2) is 0 Å². The second-order valence-corrected chi connectivity index (χ2v) is 9.73. The first-order valence-corrected chi connectivity index (χ1v) is 13.1. The molecule has 1 amide bonds. The summed E-state index contributed by atoms with van der Waals surface area (Å²) < 4.78 is 11.3. The van der Waals surface area contributed by atoms with Crippen LogP contribution in [0, 0.1) is 0 Å². The molecule has 0 unspecified atom stereocenters. The van der Waals surface area contributed by atoms with Crippen LogP contribution in [0.3, 0.4) is 0 Å². The zero-order chi connectivity index (χ0) is 27.5. The number of amides is 1. The third-order valence-electron chi connectivity index (χ3n) is 7.02. The largest absolute Gasteiger partial charge is 0.487 e. The quantitative estimate of drug-likeness (QED) is 0.258. The van der Waals surface area contributed by atoms with E-state index in [1.54, 1.807) is 30.6 Å². The van der Waals surface area contributed by atoms with E-state index >= 15 is 0 Å². The van der Waals surface area contributed by atoms with Gasteiger partial charge in [-0.1, -0.05) is 30.3 Å². The molecular weight excluding hydrogens is 504 g/mol. The van der Waals surface area contributed by atoms with Gasteiger partial charge in [0.1, 0.15) is 11.9 Å². The summed E-state index contributed by atoms with van der Waals surface area (Å²) in [6.45, 7) is 1.36. The molecule has 8 nitrogen and oxygen atoms in total. The van der Waals surface area contributed by atoms with Gasteiger partial charge in [0, 0.05) is 29.2 Å². The number of fused-ring (bicyclic) bond motifs is 1. The number of carbonyl (C=O) groups excluding carboxylic acids is 2. The van der Waals surface area contributed by atoms with Gasteiger partial charge in [0.05, 0.1) is 44.1 Å². The predicted molar refractivity (Wildman–Crippen MR) is 155 cm³/mol. The van der Waals surface area contributed by atoms with E-state index in [0.717, 1.165) is 39.0 Å². The molecule has 1 aliphatic heterocycles. The number of nitrogens with one attached hydrogen (secondary N) is 2. The molecule has 0 atom stereocenters. The summed E-state index contributed by atoms with van der Waals surface area (Å²) in [5, 5.41) is 3.95. The number of aromatic nitrogens is 2. The maximum atomic E-state index is 12.7. The lowest BCUT2D eigenvalue weighted by Crippen LogP contribution is -2.54. The molecule has 3 heterocycles. The van der Waals surface area contributed by atoms with Crippen LogP contribution in [0.15, 0.2) is 97.5 Å². The molecule has 2 aromatic heterocycles. The number of carbonyl (C=O) groups is 2. The van der Waals surface area contributed by atoms with E-state index in [4.69, 9.17) is 9.47 Å². The minimum Gasteiger partial charge on any atom is -0.487 e. The first kappa shape index (κ1) is 25.2. The number of aromatic amines is 1. The number of anilines is 2. The van der Waals surface area contributed by atoms with Gasteiger partial charge in [-0.15, -0.1) is 0 Å². The highest BCUT2D eigenvalue weighted by atomic mass is 16.5. The van der Waals surface area contributed by atoms with E-state index in [0.29, 0.717) is 24.3 Å². The van der Waals surface area contributed by atoms with Gasteiger partial charge in [-0.05, 0) is 65.0 Å². The Balaban J connectivity index is 1.13. The van der Waals surface area contributed by atoms with Crippen LogP contribution in [0.25, 0.3) is 22.0 Å². The molecule has 40 heavy (non-hydrogen) atoms. The first-order chi connectivity index (χ1) is 19.6. The topological polar surface area (TPSA) is 96.5 Å². The molecule has 0 spiro atoms. The van der Waals surface area contributed by atoms with Crippen LogP contribution >= 0.6 is 0 Å². The van der Waals surface area contributed by atoms with E-state index in [1.807, 2.05) is 60.8 Å². The van der Waals surface area contributed by atoms with Gasteiger partial charge in [0.25, 0.3) is 0 Å². The summed E-state index contributed by atoms with van der Waals surface area (Å²) in [7, 11) is 1.40. The Bertz CT molecular complexity index is 1660. The van der Waals surface area contributed by atoms with Gasteiger partial charge in [0.2, 0.25) is 5.91 Å². The standard InChI is InChI=1S/C32H28N4O4/c1-39-32(38)27-5-2-6-29(31(27)23-10-9-22-13-15-34-28(22)17-23)36-19-26(20-36)40-25-11-7-21(8-12-25)16-30(37)35-24-4-3-14-33-18-24/h2-15,17-18,26,34H,16,19-20H2,1H3,(H,35,37). The lowest BCUT2D eigenvalue weighted by atomic mass is 9.94. The fourth-order valence-corrected chi connectivity index (χ4v) is 5.01. The fraction of sp³-hybridized carbons (Fsp3) is 0.156. The number of nitrogens with zero attached hydrogens (tertiary/aromatic N) is 2. The second-order valence-electron chi connectivity index (χ2n) is 9.73. The smallest absolute Gasteiger partial charge is 0.338 e. The van der Waals surface area contributed by atoms with Crippen LogP contribution < -0.4 is 15.0 Å². The Morgan fingerprint density at radius 3 is 2.65 bits per heavy atom. The summed E-state index contributed by atoms with van der Waals surface area (Å²) in [6.07, 6.45) is 5.45. The van der Waals surface area contributed by atoms with Crippen molar-refractivity contribution in [1.82, 2.24) is 9.97 Å². The van der Waals surface area contributed by atoms with E-state index in [2.05, 4.69) is 26.3 Å². The van der Waals surface area contributed by atoms with E-state index < -0.39 is 0 Å². The van der Waals surface area contributed by atoms with Gasteiger partial charge in [-0.2, -0.15) is 0 Å². The predicted octanol–water partition coefficient (Wildman–Crippen LogP) is 5.47. The Kier molecular flexibility index (Phi) is 6.89. The summed E-state index contributed by atoms with van der Waals surface area (Å²) in [5.41, 5.74) is 5.85. The summed E-state index contributed by atoms with van der Waals surface area (Å²) in [5.74, 6) is 0.282. The molecule has 1 fully saturated rings. The second kappa shape index (κ2) is 10.9. The molecular formula is C32H28N4O4. The Hall–Kier alpha value is -5.11. The summed E-state index contributed by atoms with van der Waals surface area (Å²) in [4.78, 5) is 34.5. The van der Waals surface area contributed by atoms with Gasteiger partial charge in [-0.25, -0.2) is 4.79 Å². The van der Waals surface area contributed by atoms with Crippen molar-refractivity contribution in [3.8, 4) is 16.9 Å². The summed E-state index contributed by atoms with van der Waals surface area (Å²) >= 11 is 0. The van der Waals surface area contributed by atoms with Gasteiger partial charge >= 0.3 is 5.97 Å². The van der Waals surface area contributed by atoms with Crippen LogP contribution in [0.2, 0.25) is 0 Å². The van der Waals surface area contributed by atoms with Crippen LogP contribution in [-0.2, 0) is 16.0 Å². The highest BCUT2D eigenvalue weighted by Crippen LogP contribution is 2.38. The fourth-order valence-electron chi connectivity index (χ4n) is 5.01. The van der Waals surface area contributed by atoms with Crippen molar-refractivity contribution in [2.24, 2.45) is 0 Å². The minimum absolute atomic E-state index is 0.000231. The van der Waals surface area contributed by atoms with Crippen molar-refractivity contribution in [2.75, 3.05) is 30.4 Å². The van der Waals surface area contributed by atoms with Crippen molar-refractivity contribution in [1.29, 1.82) is 0 Å². The number of rotatable bonds is 8. The first-order valence-electron chi connectivity index (χ1n) is 13.1. The van der Waals surface area contributed by atoms with Crippen molar-refractivity contribution in [3.63, 3.8) is 0 Å². The lowest BCUT2D eigenvalue weighted by molar-refractivity contribution is -0.115. The van der Waals surface area contributed by atoms with E-state index in [1.165, 1.54) is 7.11 Å². The van der Waals surface area contributed by atoms with Gasteiger partial charge < -0.3 is 24.7 Å². The number of pyridine rings is 1. The zero-order valence-electron chi connectivity index (χ0n) is 22.0. The number of benzene rings is 3. The van der Waals surface area contributed by atoms with Crippen LogP contribution in [0.1, 0.15) is 15.9 Å². The molecule has 200 valence electrons.